The van der Waals surface area contributed by atoms with E-state index in [-0.39, 0.29) is 5.41 Å². The Kier molecular flexibility index (Phi) is 5.07. The second-order valence-corrected chi connectivity index (χ2v) is 10.2. The predicted octanol–water partition coefficient (Wildman–Crippen LogP) is 8.18. The Morgan fingerprint density at radius 3 is 2.00 bits per heavy atom. The van der Waals surface area contributed by atoms with E-state index in [4.69, 9.17) is 10.7 Å². The van der Waals surface area contributed by atoms with Crippen molar-refractivity contribution in [3.8, 4) is 32.8 Å². The molecule has 0 fully saturated rings. The maximum absolute atomic E-state index is 6.26. The van der Waals surface area contributed by atoms with Gasteiger partial charge >= 0.3 is 0 Å². The zero-order valence-electron chi connectivity index (χ0n) is 18.6. The second kappa shape index (κ2) is 7.92. The molecule has 0 aliphatic rings. The van der Waals surface area contributed by atoms with E-state index in [1.807, 2.05) is 30.3 Å². The van der Waals surface area contributed by atoms with E-state index in [1.165, 1.54) is 32.5 Å². The average molecular weight is 435 g/mol. The molecule has 0 amide bonds. The number of thiazole rings is 1. The van der Waals surface area contributed by atoms with Gasteiger partial charge in [0.2, 0.25) is 0 Å². The van der Waals surface area contributed by atoms with Gasteiger partial charge in [-0.05, 0) is 51.9 Å². The molecule has 0 saturated heterocycles. The fraction of sp³-hybridized carbons (Fsp3) is 0.138. The molecule has 0 spiro atoms. The van der Waals surface area contributed by atoms with Gasteiger partial charge < -0.3 is 5.73 Å². The van der Waals surface area contributed by atoms with Crippen molar-refractivity contribution in [1.29, 1.82) is 0 Å². The molecule has 0 bridgehead atoms. The molecule has 0 unspecified atom stereocenters. The van der Waals surface area contributed by atoms with Crippen LogP contribution in [0.25, 0.3) is 43.0 Å². The minimum Gasteiger partial charge on any atom is -0.398 e. The number of fused-ring (bicyclic) bond motifs is 1. The number of aromatic nitrogens is 1. The zero-order valence-corrected chi connectivity index (χ0v) is 19.4. The van der Waals surface area contributed by atoms with Gasteiger partial charge in [0.1, 0.15) is 5.01 Å². The zero-order chi connectivity index (χ0) is 22.3. The molecule has 0 atom stereocenters. The maximum Gasteiger partial charge on any atom is 0.126 e. The van der Waals surface area contributed by atoms with Gasteiger partial charge in [-0.2, -0.15) is 0 Å². The minimum atomic E-state index is 0.0445. The van der Waals surface area contributed by atoms with Crippen molar-refractivity contribution < 1.29 is 0 Å². The van der Waals surface area contributed by atoms with Gasteiger partial charge in [0.05, 0.1) is 10.2 Å². The smallest absolute Gasteiger partial charge is 0.126 e. The Morgan fingerprint density at radius 2 is 1.31 bits per heavy atom. The van der Waals surface area contributed by atoms with Crippen molar-refractivity contribution >= 4 is 27.2 Å². The van der Waals surface area contributed by atoms with Crippen molar-refractivity contribution in [2.75, 3.05) is 5.73 Å². The first kappa shape index (κ1) is 20.5. The van der Waals surface area contributed by atoms with E-state index in [9.17, 15) is 0 Å². The summed E-state index contributed by atoms with van der Waals surface area (Å²) in [5.41, 5.74) is 15.2. The fourth-order valence-electron chi connectivity index (χ4n) is 3.96. The monoisotopic (exact) mass is 434 g/mol. The molecule has 3 heteroatoms. The number of nitrogen functional groups attached to an aromatic ring is 1. The highest BCUT2D eigenvalue weighted by Crippen LogP contribution is 2.40. The number of hydrogen-bond donors (Lipinski definition) is 1. The first-order chi connectivity index (χ1) is 15.4. The standard InChI is InChI=1S/C29H26N2S/c1-29(2,3)22-17-24(21-15-13-20(14-16-21)19-9-5-4-6-10-19)27-26(18-22)32-28(31-27)23-11-7-8-12-25(23)30/h4-18H,30H2,1-3H3. The number of benzene rings is 4. The first-order valence-corrected chi connectivity index (χ1v) is 11.7. The van der Waals surface area contributed by atoms with Crippen molar-refractivity contribution in [3.05, 3.63) is 96.6 Å². The molecular formula is C29H26N2S. The summed E-state index contributed by atoms with van der Waals surface area (Å²) in [6.07, 6.45) is 0. The molecule has 2 N–H and O–H groups in total. The maximum atomic E-state index is 6.26. The van der Waals surface area contributed by atoms with Crippen LogP contribution in [0.15, 0.2) is 91.0 Å². The number of hydrogen-bond acceptors (Lipinski definition) is 3. The van der Waals surface area contributed by atoms with E-state index in [2.05, 4.69) is 81.4 Å². The van der Waals surface area contributed by atoms with E-state index >= 15 is 0 Å². The molecule has 4 aromatic carbocycles. The number of para-hydroxylation sites is 1. The van der Waals surface area contributed by atoms with Crippen molar-refractivity contribution in [2.24, 2.45) is 0 Å². The molecule has 32 heavy (non-hydrogen) atoms. The second-order valence-electron chi connectivity index (χ2n) is 9.17. The van der Waals surface area contributed by atoms with Crippen LogP contribution in [0.2, 0.25) is 0 Å². The number of anilines is 1. The summed E-state index contributed by atoms with van der Waals surface area (Å²) >= 11 is 1.71. The Balaban J connectivity index is 1.68. The van der Waals surface area contributed by atoms with E-state index in [0.29, 0.717) is 0 Å². The SMILES string of the molecule is CC(C)(C)c1cc(-c2ccc(-c3ccccc3)cc2)c2nc(-c3ccccc3N)sc2c1. The Bertz CT molecular complexity index is 1390. The van der Waals surface area contributed by atoms with Gasteiger partial charge in [-0.15, -0.1) is 11.3 Å². The van der Waals surface area contributed by atoms with Crippen molar-refractivity contribution in [1.82, 2.24) is 4.98 Å². The molecule has 0 aliphatic heterocycles. The molecule has 0 saturated carbocycles. The van der Waals surface area contributed by atoms with E-state index in [1.54, 1.807) is 11.3 Å². The Labute approximate surface area is 193 Å². The molecule has 0 aliphatic carbocycles. The fourth-order valence-corrected chi connectivity index (χ4v) is 5.04. The van der Waals surface area contributed by atoms with Crippen LogP contribution >= 0.6 is 11.3 Å². The predicted molar refractivity (Wildman–Crippen MR) is 139 cm³/mol. The summed E-state index contributed by atoms with van der Waals surface area (Å²) in [6.45, 7) is 6.77. The Morgan fingerprint density at radius 1 is 0.688 bits per heavy atom. The third kappa shape index (κ3) is 3.80. The quantitative estimate of drug-likeness (QED) is 0.291. The van der Waals surface area contributed by atoms with Crippen LogP contribution in [0.3, 0.4) is 0 Å². The van der Waals surface area contributed by atoms with E-state index < -0.39 is 0 Å². The summed E-state index contributed by atoms with van der Waals surface area (Å²) in [7, 11) is 0. The van der Waals surface area contributed by atoms with Crippen LogP contribution in [0, 0.1) is 0 Å². The molecule has 0 radical (unpaired) electrons. The molecule has 158 valence electrons. The largest absolute Gasteiger partial charge is 0.398 e. The van der Waals surface area contributed by atoms with Crippen LogP contribution in [-0.2, 0) is 5.41 Å². The summed E-state index contributed by atoms with van der Waals surface area (Å²) in [5, 5.41) is 0.964. The number of rotatable bonds is 3. The van der Waals surface area contributed by atoms with Gasteiger partial charge in [-0.25, -0.2) is 4.98 Å². The molecule has 1 heterocycles. The van der Waals surface area contributed by atoms with Gasteiger partial charge in [0.15, 0.2) is 0 Å². The van der Waals surface area contributed by atoms with E-state index in [0.717, 1.165) is 21.8 Å². The highest BCUT2D eigenvalue weighted by Gasteiger charge is 2.20. The number of nitrogens with two attached hydrogens (primary N) is 1. The van der Waals surface area contributed by atoms with Gasteiger partial charge in [-0.1, -0.05) is 87.5 Å². The topological polar surface area (TPSA) is 38.9 Å². The highest BCUT2D eigenvalue weighted by molar-refractivity contribution is 7.21. The van der Waals surface area contributed by atoms with Crippen LogP contribution in [0.4, 0.5) is 5.69 Å². The first-order valence-electron chi connectivity index (χ1n) is 10.9. The lowest BCUT2D eigenvalue weighted by Crippen LogP contribution is -2.11. The number of nitrogens with zero attached hydrogens (tertiary/aromatic N) is 1. The van der Waals surface area contributed by atoms with Gasteiger partial charge in [0.25, 0.3) is 0 Å². The summed E-state index contributed by atoms with van der Waals surface area (Å²) in [5.74, 6) is 0. The molecular weight excluding hydrogens is 408 g/mol. The molecule has 5 rings (SSSR count). The minimum absolute atomic E-state index is 0.0445. The lowest BCUT2D eigenvalue weighted by atomic mass is 9.85. The Hall–Kier alpha value is -3.43. The van der Waals surface area contributed by atoms with Crippen LogP contribution in [0.5, 0.6) is 0 Å². The lowest BCUT2D eigenvalue weighted by Gasteiger charge is -2.20. The summed E-state index contributed by atoms with van der Waals surface area (Å²) in [6, 6.07) is 31.8. The summed E-state index contributed by atoms with van der Waals surface area (Å²) in [4.78, 5) is 5.06. The van der Waals surface area contributed by atoms with Gasteiger partial charge in [-0.3, -0.25) is 0 Å². The highest BCUT2D eigenvalue weighted by atomic mass is 32.1. The van der Waals surface area contributed by atoms with Crippen LogP contribution in [0.1, 0.15) is 26.3 Å². The van der Waals surface area contributed by atoms with Crippen LogP contribution in [-0.4, -0.2) is 4.98 Å². The molecule has 5 aromatic rings. The van der Waals surface area contributed by atoms with Crippen molar-refractivity contribution in [3.63, 3.8) is 0 Å². The van der Waals surface area contributed by atoms with Gasteiger partial charge in [0, 0.05) is 16.8 Å². The van der Waals surface area contributed by atoms with Crippen LogP contribution < -0.4 is 5.73 Å². The normalized spacial score (nSPS) is 11.7. The molecule has 1 aromatic heterocycles. The summed E-state index contributed by atoms with van der Waals surface area (Å²) < 4.78 is 1.19. The average Bonchev–Trinajstić information content (AvgIpc) is 3.23. The lowest BCUT2D eigenvalue weighted by molar-refractivity contribution is 0.591. The third-order valence-electron chi connectivity index (χ3n) is 5.86. The van der Waals surface area contributed by atoms with Crippen molar-refractivity contribution in [2.45, 2.75) is 26.2 Å². The molecule has 2 nitrogen and oxygen atoms in total. The third-order valence-corrected chi connectivity index (χ3v) is 6.89.